The first-order valence-electron chi connectivity index (χ1n) is 8.71. The van der Waals surface area contributed by atoms with Gasteiger partial charge < -0.3 is 4.57 Å². The Labute approximate surface area is 167 Å². The number of hydrogen-bond donors (Lipinski definition) is 0. The van der Waals surface area contributed by atoms with Crippen molar-refractivity contribution in [2.24, 2.45) is 0 Å². The van der Waals surface area contributed by atoms with Crippen molar-refractivity contribution in [1.82, 2.24) is 24.1 Å². The van der Waals surface area contributed by atoms with E-state index in [2.05, 4.69) is 15.1 Å². The number of imidazole rings is 2. The number of halogens is 2. The molecule has 142 valence electrons. The highest BCUT2D eigenvalue weighted by atomic mass is 32.1. The highest BCUT2D eigenvalue weighted by molar-refractivity contribution is 7.22. The van der Waals surface area contributed by atoms with Gasteiger partial charge in [-0.2, -0.15) is 10.4 Å². The molecule has 0 fully saturated rings. The van der Waals surface area contributed by atoms with E-state index in [4.69, 9.17) is 0 Å². The Bertz CT molecular complexity index is 1360. The van der Waals surface area contributed by atoms with Gasteiger partial charge in [-0.25, -0.2) is 23.3 Å². The number of aromatic nitrogens is 5. The monoisotopic (exact) mass is 406 g/mol. The summed E-state index contributed by atoms with van der Waals surface area (Å²) in [5.41, 5.74) is 2.28. The molecular formula is C20H12F2N6S. The van der Waals surface area contributed by atoms with Gasteiger partial charge in [0.05, 0.1) is 29.6 Å². The second kappa shape index (κ2) is 6.76. The van der Waals surface area contributed by atoms with E-state index in [0.717, 1.165) is 15.0 Å². The van der Waals surface area contributed by atoms with Crippen LogP contribution in [0.5, 0.6) is 0 Å². The van der Waals surface area contributed by atoms with Crippen LogP contribution >= 0.6 is 11.3 Å². The third-order valence-electron chi connectivity index (χ3n) is 4.55. The third kappa shape index (κ3) is 2.94. The third-order valence-corrected chi connectivity index (χ3v) is 5.67. The van der Waals surface area contributed by atoms with Crippen LogP contribution in [-0.4, -0.2) is 30.6 Å². The van der Waals surface area contributed by atoms with Crippen LogP contribution < -0.4 is 0 Å². The van der Waals surface area contributed by atoms with Gasteiger partial charge in [0.15, 0.2) is 11.3 Å². The first kappa shape index (κ1) is 17.5. The molecule has 0 aliphatic rings. The molecule has 0 saturated heterocycles. The summed E-state index contributed by atoms with van der Waals surface area (Å²) in [4.78, 5) is 9.42. The van der Waals surface area contributed by atoms with Crippen LogP contribution in [0.2, 0.25) is 0 Å². The molecule has 0 amide bonds. The Hall–Kier alpha value is -3.64. The van der Waals surface area contributed by atoms with Crippen LogP contribution in [0.15, 0.2) is 55.0 Å². The average molecular weight is 406 g/mol. The van der Waals surface area contributed by atoms with E-state index in [1.165, 1.54) is 21.6 Å². The van der Waals surface area contributed by atoms with Crippen LogP contribution in [0.25, 0.3) is 37.7 Å². The molecule has 0 atom stereocenters. The Morgan fingerprint density at radius 2 is 2.00 bits per heavy atom. The highest BCUT2D eigenvalue weighted by Crippen LogP contribution is 2.37. The molecule has 5 rings (SSSR count). The van der Waals surface area contributed by atoms with Crippen LogP contribution in [0.4, 0.5) is 8.78 Å². The van der Waals surface area contributed by atoms with Gasteiger partial charge in [-0.1, -0.05) is 18.2 Å². The van der Waals surface area contributed by atoms with Crippen LogP contribution in [0.1, 0.15) is 5.69 Å². The normalized spacial score (nSPS) is 11.5. The van der Waals surface area contributed by atoms with Gasteiger partial charge in [-0.05, 0) is 29.7 Å². The topological polar surface area (TPSA) is 71.8 Å². The van der Waals surface area contributed by atoms with E-state index < -0.39 is 13.0 Å². The molecule has 4 heterocycles. The largest absolute Gasteiger partial charge is 0.323 e. The predicted octanol–water partition coefficient (Wildman–Crippen LogP) is 4.61. The van der Waals surface area contributed by atoms with Crippen molar-refractivity contribution in [2.75, 3.05) is 0 Å². The van der Waals surface area contributed by atoms with E-state index in [-0.39, 0.29) is 5.69 Å². The predicted molar refractivity (Wildman–Crippen MR) is 106 cm³/mol. The molecule has 4 aromatic heterocycles. The summed E-state index contributed by atoms with van der Waals surface area (Å²) < 4.78 is 30.3. The van der Waals surface area contributed by atoms with Crippen LogP contribution in [0.3, 0.4) is 0 Å². The maximum Gasteiger partial charge on any atom is 0.256 e. The first-order valence-corrected chi connectivity index (χ1v) is 9.53. The van der Waals surface area contributed by atoms with Gasteiger partial charge in [-0.15, -0.1) is 11.3 Å². The Morgan fingerprint density at radius 1 is 1.14 bits per heavy atom. The maximum absolute atomic E-state index is 13.2. The van der Waals surface area contributed by atoms with Crippen molar-refractivity contribution in [1.29, 1.82) is 5.26 Å². The Morgan fingerprint density at radius 3 is 2.79 bits per heavy atom. The molecule has 6 nitrogen and oxygen atoms in total. The molecule has 9 heteroatoms. The fourth-order valence-electron chi connectivity index (χ4n) is 3.29. The molecule has 0 aliphatic carbocycles. The number of thiophene rings is 1. The Kier molecular flexibility index (Phi) is 4.07. The van der Waals surface area contributed by atoms with E-state index in [9.17, 15) is 14.0 Å². The van der Waals surface area contributed by atoms with Gasteiger partial charge in [-0.3, -0.25) is 0 Å². The SMILES string of the molecule is N#Cc1cnc2ccc(-c3c(-c4cc5ccccc5s4)ncn3CC(F)F)nn12. The summed E-state index contributed by atoms with van der Waals surface area (Å²) in [7, 11) is 0. The quantitative estimate of drug-likeness (QED) is 0.437. The fourth-order valence-corrected chi connectivity index (χ4v) is 4.35. The summed E-state index contributed by atoms with van der Waals surface area (Å²) >= 11 is 1.54. The molecule has 0 radical (unpaired) electrons. The molecule has 1 aromatic carbocycles. The zero-order valence-electron chi connectivity index (χ0n) is 14.8. The van der Waals surface area contributed by atoms with Gasteiger partial charge in [0.2, 0.25) is 0 Å². The number of fused-ring (bicyclic) bond motifs is 2. The van der Waals surface area contributed by atoms with Gasteiger partial charge in [0.1, 0.15) is 17.5 Å². The number of rotatable bonds is 4. The van der Waals surface area contributed by atoms with E-state index in [1.54, 1.807) is 23.5 Å². The van der Waals surface area contributed by atoms with Crippen molar-refractivity contribution < 1.29 is 8.78 Å². The second-order valence-corrected chi connectivity index (χ2v) is 7.46. The van der Waals surface area contributed by atoms with Crippen molar-refractivity contribution >= 4 is 27.1 Å². The standard InChI is InChI=1S/C20H12F2N6S/c21-17(22)10-27-11-25-19(16-7-12-3-1-2-4-15(12)29-16)20(27)14-5-6-18-24-9-13(8-23)28(18)26-14/h1-7,9,11,17H,10H2. The first-order chi connectivity index (χ1) is 14.1. The molecule has 29 heavy (non-hydrogen) atoms. The van der Waals surface area contributed by atoms with Gasteiger partial charge >= 0.3 is 0 Å². The molecule has 0 unspecified atom stereocenters. The number of nitrogens with zero attached hydrogens (tertiary/aromatic N) is 6. The van der Waals surface area contributed by atoms with Gasteiger partial charge in [0, 0.05) is 4.70 Å². The van der Waals surface area contributed by atoms with Crippen molar-refractivity contribution in [2.45, 2.75) is 13.0 Å². The molecule has 0 bridgehead atoms. The summed E-state index contributed by atoms with van der Waals surface area (Å²) in [6, 6.07) is 15.4. The van der Waals surface area contributed by atoms with Gasteiger partial charge in [0.25, 0.3) is 6.43 Å². The second-order valence-electron chi connectivity index (χ2n) is 6.38. The van der Waals surface area contributed by atoms with Crippen molar-refractivity contribution in [3.05, 3.63) is 60.7 Å². The molecule has 0 aliphatic heterocycles. The lowest BCUT2D eigenvalue weighted by Gasteiger charge is -2.09. The minimum absolute atomic E-state index is 0.269. The summed E-state index contributed by atoms with van der Waals surface area (Å²) in [6.07, 6.45) is 0.298. The van der Waals surface area contributed by atoms with E-state index in [0.29, 0.717) is 22.7 Å². The average Bonchev–Trinajstić information content (AvgIpc) is 3.42. The molecule has 0 spiro atoms. The number of benzene rings is 1. The van der Waals surface area contributed by atoms with E-state index >= 15 is 0 Å². The zero-order chi connectivity index (χ0) is 20.0. The Balaban J connectivity index is 1.74. The van der Waals surface area contributed by atoms with Crippen molar-refractivity contribution in [3.63, 3.8) is 0 Å². The minimum atomic E-state index is -2.54. The highest BCUT2D eigenvalue weighted by Gasteiger charge is 2.21. The van der Waals surface area contributed by atoms with E-state index in [1.807, 2.05) is 36.4 Å². The minimum Gasteiger partial charge on any atom is -0.323 e. The lowest BCUT2D eigenvalue weighted by atomic mass is 10.2. The zero-order valence-corrected chi connectivity index (χ0v) is 15.6. The maximum atomic E-state index is 13.2. The molecule has 5 aromatic rings. The molecule has 0 saturated carbocycles. The van der Waals surface area contributed by atoms with Crippen molar-refractivity contribution in [3.8, 4) is 28.0 Å². The lowest BCUT2D eigenvalue weighted by Crippen LogP contribution is -2.08. The number of nitriles is 1. The summed E-state index contributed by atoms with van der Waals surface area (Å²) in [5, 5.41) is 14.8. The smallest absolute Gasteiger partial charge is 0.256 e. The summed E-state index contributed by atoms with van der Waals surface area (Å²) in [6.45, 7) is -0.498. The lowest BCUT2D eigenvalue weighted by molar-refractivity contribution is 0.127. The number of hydrogen-bond acceptors (Lipinski definition) is 5. The number of alkyl halides is 2. The van der Waals surface area contributed by atoms with Crippen LogP contribution in [0, 0.1) is 11.3 Å². The summed E-state index contributed by atoms with van der Waals surface area (Å²) in [5.74, 6) is 0. The molecular weight excluding hydrogens is 394 g/mol. The van der Waals surface area contributed by atoms with Crippen LogP contribution in [-0.2, 0) is 6.54 Å². The fraction of sp³-hybridized carbons (Fsp3) is 0.100. The molecule has 0 N–H and O–H groups in total.